The molecule has 29 heavy (non-hydrogen) atoms. The van der Waals surface area contributed by atoms with Crippen molar-refractivity contribution in [2.45, 2.75) is 19.7 Å². The molecule has 1 atom stereocenters. The van der Waals surface area contributed by atoms with E-state index < -0.39 is 40.8 Å². The van der Waals surface area contributed by atoms with E-state index >= 15 is 0 Å². The number of nitrogens with one attached hydrogen (secondary N) is 2. The van der Waals surface area contributed by atoms with Crippen LogP contribution in [0.5, 0.6) is 11.6 Å². The Morgan fingerprint density at radius 1 is 1.28 bits per heavy atom. The van der Waals surface area contributed by atoms with E-state index in [2.05, 4.69) is 15.3 Å². The number of nitriles is 1. The van der Waals surface area contributed by atoms with Crippen molar-refractivity contribution in [1.82, 2.24) is 25.0 Å². The highest BCUT2D eigenvalue weighted by Gasteiger charge is 2.16. The van der Waals surface area contributed by atoms with Gasteiger partial charge in [0.25, 0.3) is 11.1 Å². The highest BCUT2D eigenvalue weighted by atomic mass is 35.5. The van der Waals surface area contributed by atoms with E-state index in [0.29, 0.717) is 4.68 Å². The molecule has 10 nitrogen and oxygen atoms in total. The number of aromatic nitrogens is 5. The Kier molecular flexibility index (Phi) is 4.22. The minimum absolute atomic E-state index is 0.00801. The molecule has 1 aromatic carbocycles. The van der Waals surface area contributed by atoms with Crippen LogP contribution in [0.3, 0.4) is 0 Å². The van der Waals surface area contributed by atoms with Gasteiger partial charge in [-0.05, 0) is 18.0 Å². The summed E-state index contributed by atoms with van der Waals surface area (Å²) in [4.78, 5) is 37.6. The van der Waals surface area contributed by atoms with Crippen LogP contribution in [0.25, 0.3) is 5.69 Å². The zero-order valence-corrected chi connectivity index (χ0v) is 15.9. The van der Waals surface area contributed by atoms with E-state index in [-0.39, 0.29) is 27.4 Å². The SMILES string of the molecule is [2H]C([2H])([2H])C([2H])(C)c1cc(Oc2c(Cl)cc(-n3nc(C#N)c(=O)[nH]c3=O)cc2Cl)n[nH]c1=O. The second kappa shape index (κ2) is 7.90. The van der Waals surface area contributed by atoms with Crippen LogP contribution in [0.4, 0.5) is 0 Å². The van der Waals surface area contributed by atoms with E-state index in [4.69, 9.17) is 38.7 Å². The van der Waals surface area contributed by atoms with Crippen LogP contribution in [0, 0.1) is 11.3 Å². The average Bonchev–Trinajstić information content (AvgIpc) is 2.71. The van der Waals surface area contributed by atoms with E-state index in [1.165, 1.54) is 12.1 Å². The molecule has 0 amide bonds. The Morgan fingerprint density at radius 3 is 2.59 bits per heavy atom. The molecule has 3 rings (SSSR count). The summed E-state index contributed by atoms with van der Waals surface area (Å²) in [6.45, 7) is -1.78. The van der Waals surface area contributed by atoms with Gasteiger partial charge in [-0.1, -0.05) is 37.0 Å². The van der Waals surface area contributed by atoms with Gasteiger partial charge in [-0.3, -0.25) is 14.6 Å². The number of nitrogens with zero attached hydrogens (tertiary/aromatic N) is 4. The highest BCUT2D eigenvalue weighted by Crippen LogP contribution is 2.37. The third-order valence-electron chi connectivity index (χ3n) is 3.55. The van der Waals surface area contributed by atoms with Gasteiger partial charge in [0, 0.05) is 17.1 Å². The Balaban J connectivity index is 2.06. The summed E-state index contributed by atoms with van der Waals surface area (Å²) in [5.74, 6) is -2.75. The summed E-state index contributed by atoms with van der Waals surface area (Å²) in [7, 11) is 0. The van der Waals surface area contributed by atoms with Crippen molar-refractivity contribution in [3.05, 3.63) is 70.7 Å². The van der Waals surface area contributed by atoms with Gasteiger partial charge in [0.1, 0.15) is 6.07 Å². The number of hydrogen-bond acceptors (Lipinski definition) is 7. The fourth-order valence-corrected chi connectivity index (χ4v) is 2.79. The van der Waals surface area contributed by atoms with Gasteiger partial charge in [-0.2, -0.15) is 9.94 Å². The topological polar surface area (TPSA) is 147 Å². The van der Waals surface area contributed by atoms with E-state index in [1.807, 2.05) is 4.98 Å². The lowest BCUT2D eigenvalue weighted by Crippen LogP contribution is -2.33. The van der Waals surface area contributed by atoms with Crippen LogP contribution in [-0.4, -0.2) is 25.0 Å². The van der Waals surface area contributed by atoms with Crippen molar-refractivity contribution in [1.29, 1.82) is 5.26 Å². The standard InChI is InChI=1S/C17H12Cl2N6O4/c1-7(2)9-5-13(22-23-15(9)26)29-14-10(18)3-8(4-11(14)19)25-17(28)21-16(27)12(6-20)24-25/h3-5,7H,1-2H3,(H,23,26)(H,21,27,28)/i1D3,7D. The molecule has 0 fully saturated rings. The summed E-state index contributed by atoms with van der Waals surface area (Å²) >= 11 is 12.4. The minimum Gasteiger partial charge on any atom is -0.434 e. The van der Waals surface area contributed by atoms with Crippen molar-refractivity contribution < 1.29 is 10.2 Å². The third kappa shape index (κ3) is 4.06. The van der Waals surface area contributed by atoms with E-state index in [0.717, 1.165) is 13.0 Å². The van der Waals surface area contributed by atoms with Gasteiger partial charge in [0.2, 0.25) is 11.6 Å². The van der Waals surface area contributed by atoms with Crippen molar-refractivity contribution in [2.24, 2.45) is 0 Å². The molecule has 0 radical (unpaired) electrons. The molecule has 12 heteroatoms. The van der Waals surface area contributed by atoms with Crippen molar-refractivity contribution >= 4 is 23.2 Å². The molecule has 1 unspecified atom stereocenters. The Hall–Kier alpha value is -3.42. The molecule has 2 aromatic heterocycles. The molecule has 2 N–H and O–H groups in total. The Bertz CT molecular complexity index is 1450. The lowest BCUT2D eigenvalue weighted by molar-refractivity contribution is 0.452. The predicted octanol–water partition coefficient (Wildman–Crippen LogP) is 2.10. The lowest BCUT2D eigenvalue weighted by Gasteiger charge is -2.12. The second-order valence-corrected chi connectivity index (χ2v) is 6.36. The quantitative estimate of drug-likeness (QED) is 0.633. The van der Waals surface area contributed by atoms with Crippen molar-refractivity contribution in [3.8, 4) is 23.4 Å². The van der Waals surface area contributed by atoms with Gasteiger partial charge in [0.05, 0.1) is 15.7 Å². The number of ether oxygens (including phenoxy) is 1. The van der Waals surface area contributed by atoms with Gasteiger partial charge in [-0.25, -0.2) is 9.89 Å². The molecule has 0 spiro atoms. The van der Waals surface area contributed by atoms with Crippen LogP contribution in [0.15, 0.2) is 32.6 Å². The highest BCUT2D eigenvalue weighted by molar-refractivity contribution is 6.37. The lowest BCUT2D eigenvalue weighted by atomic mass is 10.1. The second-order valence-electron chi connectivity index (χ2n) is 5.55. The van der Waals surface area contributed by atoms with Crippen LogP contribution >= 0.6 is 23.2 Å². The summed E-state index contributed by atoms with van der Waals surface area (Å²) in [5.41, 5.74) is -3.81. The summed E-state index contributed by atoms with van der Waals surface area (Å²) in [6, 6.07) is 4.91. The summed E-state index contributed by atoms with van der Waals surface area (Å²) in [6.07, 6.45) is 0. The van der Waals surface area contributed by atoms with Gasteiger partial charge in [-0.15, -0.1) is 10.2 Å². The fourth-order valence-electron chi connectivity index (χ4n) is 2.24. The maximum Gasteiger partial charge on any atom is 0.349 e. The monoisotopic (exact) mass is 438 g/mol. The van der Waals surface area contributed by atoms with Crippen LogP contribution in [0.2, 0.25) is 10.0 Å². The van der Waals surface area contributed by atoms with Gasteiger partial charge >= 0.3 is 5.69 Å². The zero-order chi connectivity index (χ0) is 24.7. The molecule has 148 valence electrons. The number of H-pyrrole nitrogens is 2. The first-order chi connectivity index (χ1) is 15.3. The molecule has 3 aromatic rings. The van der Waals surface area contributed by atoms with Crippen LogP contribution in [-0.2, 0) is 0 Å². The Labute approximate surface area is 177 Å². The number of halogens is 2. The fraction of sp³-hybridized carbons (Fsp3) is 0.176. The molecule has 0 bridgehead atoms. The van der Waals surface area contributed by atoms with Crippen LogP contribution < -0.4 is 21.5 Å². The number of aromatic amines is 2. The van der Waals surface area contributed by atoms with E-state index in [1.54, 1.807) is 6.07 Å². The summed E-state index contributed by atoms with van der Waals surface area (Å²) < 4.78 is 36.8. The van der Waals surface area contributed by atoms with Gasteiger partial charge < -0.3 is 4.74 Å². The number of hydrogen-bond donors (Lipinski definition) is 2. The third-order valence-corrected chi connectivity index (χ3v) is 4.11. The average molecular weight is 439 g/mol. The molecule has 2 heterocycles. The van der Waals surface area contributed by atoms with Crippen LogP contribution in [0.1, 0.15) is 36.4 Å². The number of rotatable bonds is 4. The van der Waals surface area contributed by atoms with Gasteiger partial charge in [0.15, 0.2) is 5.75 Å². The first-order valence-electron chi connectivity index (χ1n) is 9.67. The number of benzene rings is 1. The maximum absolute atomic E-state index is 12.1. The molecule has 0 aliphatic carbocycles. The molecular formula is C17H12Cl2N6O4. The molecule has 0 saturated heterocycles. The normalized spacial score (nSPS) is 15.2. The zero-order valence-electron chi connectivity index (χ0n) is 18.4. The first-order valence-corrected chi connectivity index (χ1v) is 8.43. The summed E-state index contributed by atoms with van der Waals surface area (Å²) in [5, 5.41) is 18.0. The molecular weight excluding hydrogens is 423 g/mol. The minimum atomic E-state index is -2.82. The van der Waals surface area contributed by atoms with Crippen molar-refractivity contribution in [2.75, 3.05) is 0 Å². The molecule has 0 saturated carbocycles. The first kappa shape index (κ1) is 15.5. The van der Waals surface area contributed by atoms with E-state index in [9.17, 15) is 14.4 Å². The Morgan fingerprint density at radius 2 is 1.97 bits per heavy atom. The predicted molar refractivity (Wildman–Crippen MR) is 104 cm³/mol. The maximum atomic E-state index is 12.1. The molecule has 0 aliphatic heterocycles. The smallest absolute Gasteiger partial charge is 0.349 e. The largest absolute Gasteiger partial charge is 0.434 e. The van der Waals surface area contributed by atoms with Crippen molar-refractivity contribution in [3.63, 3.8) is 0 Å². The molecule has 0 aliphatic rings.